The van der Waals surface area contributed by atoms with Gasteiger partial charge in [0.05, 0.1) is 12.0 Å². The number of carbonyl (C=O) groups excluding carboxylic acids is 2. The molecule has 4 atom stereocenters. The number of hydrogen-bond acceptors (Lipinski definition) is 6. The maximum absolute atomic E-state index is 14.1. The number of urea groups is 1. The van der Waals surface area contributed by atoms with Crippen LogP contribution in [0.5, 0.6) is 0 Å². The number of benzene rings is 1. The number of carboxylic acid groups (broad SMARTS) is 1. The molecular formula is C29H27N3O5S. The number of amides is 2. The number of pyridine rings is 1. The molecule has 8 nitrogen and oxygen atoms in total. The van der Waals surface area contributed by atoms with Crippen LogP contribution in [0.2, 0.25) is 0 Å². The number of carboxylic acids is 1. The first-order chi connectivity index (χ1) is 18.3. The topological polar surface area (TPSA) is 113 Å². The number of likely N-dealkylation sites (tertiary alicyclic amines) is 1. The highest BCUT2D eigenvalue weighted by atomic mass is 32.1. The first-order valence-electron chi connectivity index (χ1n) is 12.2. The molecule has 4 aromatic rings. The molecule has 5 rings (SSSR count). The van der Waals surface area contributed by atoms with Crippen LogP contribution in [0.1, 0.15) is 49.8 Å². The van der Waals surface area contributed by atoms with Gasteiger partial charge in [-0.1, -0.05) is 18.2 Å². The lowest BCUT2D eigenvalue weighted by molar-refractivity contribution is -0.142. The lowest BCUT2D eigenvalue weighted by Crippen LogP contribution is -2.45. The smallest absolute Gasteiger partial charge is 0.327 e. The summed E-state index contributed by atoms with van der Waals surface area (Å²) in [5.74, 6) is -2.59. The average molecular weight is 530 g/mol. The van der Waals surface area contributed by atoms with E-state index >= 15 is 0 Å². The molecule has 38 heavy (non-hydrogen) atoms. The highest BCUT2D eigenvalue weighted by Crippen LogP contribution is 2.53. The summed E-state index contributed by atoms with van der Waals surface area (Å²) in [6.45, 7) is 5.53. The number of rotatable bonds is 6. The van der Waals surface area contributed by atoms with Crippen LogP contribution in [0.25, 0.3) is 0 Å². The third-order valence-corrected chi connectivity index (χ3v) is 8.06. The molecule has 2 amide bonds. The maximum atomic E-state index is 14.1. The first-order valence-corrected chi connectivity index (χ1v) is 13.1. The second-order valence-corrected chi connectivity index (χ2v) is 10.5. The molecule has 4 unspecified atom stereocenters. The Labute approximate surface area is 223 Å². The summed E-state index contributed by atoms with van der Waals surface area (Å²) in [7, 11) is 0. The number of Topliss-reactive ketones (excluding diaryl/α,β-unsaturated/α-hetero) is 1. The van der Waals surface area contributed by atoms with E-state index in [0.717, 1.165) is 16.0 Å². The average Bonchev–Trinajstić information content (AvgIpc) is 3.60. The number of thiophene rings is 1. The fourth-order valence-corrected chi connectivity index (χ4v) is 6.44. The van der Waals surface area contributed by atoms with E-state index in [1.165, 1.54) is 16.2 Å². The monoisotopic (exact) mass is 529 g/mol. The molecule has 1 aromatic carbocycles. The number of aromatic nitrogens is 1. The molecule has 0 spiro atoms. The third-order valence-electron chi connectivity index (χ3n) is 6.94. The van der Waals surface area contributed by atoms with Crippen molar-refractivity contribution in [2.75, 3.05) is 5.32 Å². The zero-order valence-electron chi connectivity index (χ0n) is 21.1. The van der Waals surface area contributed by atoms with Crippen molar-refractivity contribution in [1.29, 1.82) is 0 Å². The highest BCUT2D eigenvalue weighted by molar-refractivity contribution is 7.10. The van der Waals surface area contributed by atoms with E-state index in [2.05, 4.69) is 10.3 Å². The summed E-state index contributed by atoms with van der Waals surface area (Å²) in [5, 5.41) is 15.3. The Kier molecular flexibility index (Phi) is 6.86. The number of ketones is 1. The standard InChI is InChI=1S/C29H27N3O5S/c1-16-6-4-8-20(14-16)31-29(36)32-24(19-7-5-12-30-15-19)22(26(33)21-10-9-18(3)37-21)23(25(32)28(34)35)27-17(2)11-13-38-27/h4-15,22-25H,1-3H3,(H,31,36)(H,34,35). The fourth-order valence-electron chi connectivity index (χ4n) is 5.34. The van der Waals surface area contributed by atoms with Crippen molar-refractivity contribution in [3.63, 3.8) is 0 Å². The summed E-state index contributed by atoms with van der Waals surface area (Å²) < 4.78 is 5.71. The lowest BCUT2D eigenvalue weighted by Gasteiger charge is -2.30. The second kappa shape index (κ2) is 10.3. The van der Waals surface area contributed by atoms with Crippen molar-refractivity contribution in [1.82, 2.24) is 9.88 Å². The van der Waals surface area contributed by atoms with Gasteiger partial charge in [-0.2, -0.15) is 0 Å². The molecule has 1 aliphatic heterocycles. The number of nitrogens with zero attached hydrogens (tertiary/aromatic N) is 2. The van der Waals surface area contributed by atoms with Crippen LogP contribution < -0.4 is 5.32 Å². The van der Waals surface area contributed by atoms with Crippen LogP contribution >= 0.6 is 11.3 Å². The van der Waals surface area contributed by atoms with Crippen molar-refractivity contribution in [3.8, 4) is 0 Å². The zero-order chi connectivity index (χ0) is 27.0. The molecule has 9 heteroatoms. The summed E-state index contributed by atoms with van der Waals surface area (Å²) in [4.78, 5) is 47.3. The first kappa shape index (κ1) is 25.4. The van der Waals surface area contributed by atoms with Gasteiger partial charge in [-0.05, 0) is 79.2 Å². The molecule has 0 saturated carbocycles. The van der Waals surface area contributed by atoms with E-state index < -0.39 is 35.9 Å². The van der Waals surface area contributed by atoms with E-state index in [0.29, 0.717) is 17.0 Å². The van der Waals surface area contributed by atoms with E-state index in [1.54, 1.807) is 55.7 Å². The maximum Gasteiger partial charge on any atom is 0.327 e. The third kappa shape index (κ3) is 4.61. The molecular weight excluding hydrogens is 502 g/mol. The van der Waals surface area contributed by atoms with Gasteiger partial charge in [0, 0.05) is 28.9 Å². The molecule has 2 N–H and O–H groups in total. The van der Waals surface area contributed by atoms with E-state index in [-0.39, 0.29) is 11.5 Å². The van der Waals surface area contributed by atoms with Crippen LogP contribution in [-0.2, 0) is 4.79 Å². The largest absolute Gasteiger partial charge is 0.480 e. The Morgan fingerprint density at radius 3 is 2.47 bits per heavy atom. The van der Waals surface area contributed by atoms with Crippen LogP contribution in [0.3, 0.4) is 0 Å². The summed E-state index contributed by atoms with van der Waals surface area (Å²) in [6.07, 6.45) is 3.17. The molecule has 1 saturated heterocycles. The molecule has 1 aliphatic rings. The van der Waals surface area contributed by atoms with Gasteiger partial charge in [0.1, 0.15) is 11.8 Å². The molecule has 194 valence electrons. The SMILES string of the molecule is Cc1cccc(NC(=O)N2C(C(=O)O)C(c3sccc3C)C(C(=O)c3ccc(C)o3)C2c2cccnc2)c1. The number of carbonyl (C=O) groups is 3. The lowest BCUT2D eigenvalue weighted by atomic mass is 9.79. The van der Waals surface area contributed by atoms with Crippen LogP contribution in [0.15, 0.2) is 76.8 Å². The Morgan fingerprint density at radius 2 is 1.87 bits per heavy atom. The quantitative estimate of drug-likeness (QED) is 0.297. The predicted octanol–water partition coefficient (Wildman–Crippen LogP) is 5.99. The molecule has 0 bridgehead atoms. The Hall–Kier alpha value is -4.24. The number of aryl methyl sites for hydroxylation is 3. The molecule has 0 radical (unpaired) electrons. The van der Waals surface area contributed by atoms with Crippen molar-refractivity contribution in [2.45, 2.75) is 38.8 Å². The van der Waals surface area contributed by atoms with Gasteiger partial charge in [0.15, 0.2) is 5.76 Å². The number of nitrogens with one attached hydrogen (secondary N) is 1. The molecule has 3 aromatic heterocycles. The van der Waals surface area contributed by atoms with E-state index in [1.807, 2.05) is 37.4 Å². The fraction of sp³-hybridized carbons (Fsp3) is 0.241. The molecule has 1 fully saturated rings. The normalized spacial score (nSPS) is 20.9. The van der Waals surface area contributed by atoms with Crippen molar-refractivity contribution in [2.24, 2.45) is 5.92 Å². The number of hydrogen-bond donors (Lipinski definition) is 2. The van der Waals surface area contributed by atoms with E-state index in [4.69, 9.17) is 4.42 Å². The van der Waals surface area contributed by atoms with Gasteiger partial charge in [0.2, 0.25) is 5.78 Å². The minimum absolute atomic E-state index is 0.130. The minimum Gasteiger partial charge on any atom is -0.480 e. The minimum atomic E-state index is -1.31. The Bertz CT molecular complexity index is 1490. The molecule has 0 aliphatic carbocycles. The Morgan fingerprint density at radius 1 is 1.05 bits per heavy atom. The second-order valence-electron chi connectivity index (χ2n) is 9.52. The van der Waals surface area contributed by atoms with E-state index in [9.17, 15) is 19.5 Å². The number of furan rings is 1. The van der Waals surface area contributed by atoms with Crippen molar-refractivity contribution < 1.29 is 23.9 Å². The highest BCUT2D eigenvalue weighted by Gasteiger charge is 2.59. The van der Waals surface area contributed by atoms with Crippen LogP contribution in [-0.4, -0.2) is 38.8 Å². The zero-order valence-corrected chi connectivity index (χ0v) is 21.9. The van der Waals surface area contributed by atoms with Crippen LogP contribution in [0.4, 0.5) is 10.5 Å². The van der Waals surface area contributed by atoms with Gasteiger partial charge >= 0.3 is 12.0 Å². The van der Waals surface area contributed by atoms with Gasteiger partial charge in [-0.3, -0.25) is 9.78 Å². The van der Waals surface area contributed by atoms with Gasteiger partial charge in [0.25, 0.3) is 0 Å². The summed E-state index contributed by atoms with van der Waals surface area (Å²) in [6, 6.07) is 13.1. The predicted molar refractivity (Wildman–Crippen MR) is 144 cm³/mol. The van der Waals surface area contributed by atoms with Crippen molar-refractivity contribution in [3.05, 3.63) is 105 Å². The summed E-state index contributed by atoms with van der Waals surface area (Å²) in [5.41, 5.74) is 2.91. The van der Waals surface area contributed by atoms with Gasteiger partial charge in [-0.15, -0.1) is 11.3 Å². The van der Waals surface area contributed by atoms with Crippen LogP contribution in [0, 0.1) is 26.7 Å². The number of anilines is 1. The van der Waals surface area contributed by atoms with Gasteiger partial charge in [-0.25, -0.2) is 9.59 Å². The number of aliphatic carboxylic acids is 1. The summed E-state index contributed by atoms with van der Waals surface area (Å²) >= 11 is 1.39. The Balaban J connectivity index is 1.71. The molecule has 4 heterocycles. The van der Waals surface area contributed by atoms with Gasteiger partial charge < -0.3 is 19.7 Å². The van der Waals surface area contributed by atoms with Crippen molar-refractivity contribution >= 4 is 34.8 Å².